The number of hydrogen-bond donors (Lipinski definition) is 0. The van der Waals surface area contributed by atoms with Crippen LogP contribution in [0.2, 0.25) is 0 Å². The first-order chi connectivity index (χ1) is 32.7. The summed E-state index contributed by atoms with van der Waals surface area (Å²) in [4.78, 5) is 23.3. The predicted molar refractivity (Wildman–Crippen MR) is 196 cm³/mol. The van der Waals surface area contributed by atoms with Gasteiger partial charge in [-0.1, -0.05) is 47.9 Å². The van der Waals surface area contributed by atoms with Crippen LogP contribution in [0.1, 0.15) is 31.8 Å². The molecule has 0 aromatic heterocycles. The Labute approximate surface area is 393 Å². The van der Waals surface area contributed by atoms with Crippen LogP contribution in [0, 0.1) is 116 Å². The zero-order valence-electron chi connectivity index (χ0n) is 34.2. The molecular weight excluding hydrogens is 1070 g/mol. The zero-order chi connectivity index (χ0) is 53.2. The maximum absolute atomic E-state index is 13.5. The van der Waals surface area contributed by atoms with Crippen LogP contribution in [-0.2, 0) is 17.1 Å². The van der Waals surface area contributed by atoms with Gasteiger partial charge in [-0.05, 0) is 36.4 Å². The van der Waals surface area contributed by atoms with Crippen molar-refractivity contribution < 1.29 is 134 Å². The summed E-state index contributed by atoms with van der Waals surface area (Å²) in [6.07, 6.45) is -1.17. The number of benzene rings is 6. The van der Waals surface area contributed by atoms with E-state index in [2.05, 4.69) is 0 Å². The largest absolute Gasteiger partial charge is 2.00 e. The van der Waals surface area contributed by atoms with E-state index in [1.807, 2.05) is 60.7 Å². The van der Waals surface area contributed by atoms with Crippen molar-refractivity contribution >= 4 is 23.1 Å². The summed E-state index contributed by atoms with van der Waals surface area (Å²) in [7, 11) is 3.32. The van der Waals surface area contributed by atoms with Gasteiger partial charge in [-0.25, -0.2) is 87.8 Å². The molecule has 1 radical (unpaired) electrons. The van der Waals surface area contributed by atoms with E-state index in [4.69, 9.17) is 9.47 Å². The molecule has 0 amide bonds. The van der Waals surface area contributed by atoms with E-state index in [0.29, 0.717) is 0 Å². The van der Waals surface area contributed by atoms with Gasteiger partial charge in [0.05, 0.1) is 25.3 Å². The van der Waals surface area contributed by atoms with Crippen molar-refractivity contribution in [3.05, 3.63) is 211 Å². The zero-order valence-corrected chi connectivity index (χ0v) is 35.2. The topological polar surface area (TPSA) is 98.7 Å². The molecule has 0 aliphatic carbocycles. The summed E-state index contributed by atoms with van der Waals surface area (Å²) in [5.41, 5.74) is -8.65. The molecule has 0 aliphatic rings. The van der Waals surface area contributed by atoms with Crippen molar-refractivity contribution in [2.75, 3.05) is 14.2 Å². The molecule has 0 fully saturated rings. The summed E-state index contributed by atoms with van der Waals surface area (Å²) < 4.78 is 273. The van der Waals surface area contributed by atoms with Crippen LogP contribution in [-0.4, -0.2) is 25.8 Å². The van der Waals surface area contributed by atoms with Gasteiger partial charge in [-0.2, -0.15) is 0 Å². The Morgan fingerprint density at radius 2 is 0.493 bits per heavy atom. The van der Waals surface area contributed by atoms with Crippen LogP contribution in [0.3, 0.4) is 0 Å². The predicted octanol–water partition coefficient (Wildman–Crippen LogP) is 10.7. The molecule has 0 heterocycles. The van der Waals surface area contributed by atoms with Crippen LogP contribution >= 0.6 is 0 Å². The number of para-hydroxylation sites is 2. The Balaban J connectivity index is 0.000000366. The first-order valence-corrected chi connectivity index (χ1v) is 17.8. The number of carbonyl (C=O) groups is 2. The van der Waals surface area contributed by atoms with E-state index >= 15 is 0 Å². The average molecular weight is 1090 g/mol. The Kier molecular flexibility index (Phi) is 21.3. The molecule has 0 saturated carbocycles. The number of ether oxygens (including phenoxy) is 2. The van der Waals surface area contributed by atoms with E-state index in [9.17, 15) is 108 Å². The van der Waals surface area contributed by atoms with Crippen LogP contribution in [0.5, 0.6) is 11.5 Å². The quantitative estimate of drug-likeness (QED) is 0.0286. The Bertz CT molecular complexity index is 2710. The number of carbonyl (C=O) groups excluding carboxylic acids is 2. The normalized spacial score (nSPS) is 11.0. The first kappa shape index (κ1) is 59.6. The van der Waals surface area contributed by atoms with E-state index in [0.717, 1.165) is 11.5 Å². The van der Waals surface area contributed by atoms with E-state index in [-0.39, 0.29) is 17.1 Å². The van der Waals surface area contributed by atoms with Crippen LogP contribution in [0.15, 0.2) is 72.8 Å². The number of rotatable bonds is 8. The summed E-state index contributed by atoms with van der Waals surface area (Å²) in [5.74, 6) is -59.6. The summed E-state index contributed by atoms with van der Waals surface area (Å²) in [6.45, 7) is 0. The second kappa shape index (κ2) is 25.4. The standard InChI is InChI=1S/2C15H2F10O2.2C7H8O.Cu/c2*16-6-4(7(17)11(21)14(24)10(6)20)2(26)1-3(27)5-8(18)12(22)15(25)13(23)9(5)19;2*1-8-7-5-3-2-4-6-7;/h2*1,26H;2*2-6H,1H3;/q;;;;+2/p-2/b2*2-1-;;;. The fourth-order valence-corrected chi connectivity index (χ4v) is 4.92. The smallest absolute Gasteiger partial charge is 0.872 e. The Morgan fingerprint density at radius 3 is 0.662 bits per heavy atom. The average Bonchev–Trinajstić information content (AvgIpc) is 3.35. The van der Waals surface area contributed by atoms with Crippen molar-refractivity contribution in [3.63, 3.8) is 0 Å². The minimum absolute atomic E-state index is 0. The van der Waals surface area contributed by atoms with Gasteiger partial charge in [0.15, 0.2) is 105 Å². The number of methoxy groups -OCH3 is 2. The van der Waals surface area contributed by atoms with E-state index in [1.54, 1.807) is 14.2 Å². The molecule has 0 unspecified atom stereocenters. The summed E-state index contributed by atoms with van der Waals surface area (Å²) in [5, 5.41) is 23.3. The molecule has 0 spiro atoms. The van der Waals surface area contributed by atoms with Crippen LogP contribution in [0.4, 0.5) is 87.8 Å². The number of allylic oxidation sites excluding steroid dienone is 2. The third-order valence-electron chi connectivity index (χ3n) is 8.31. The molecule has 6 nitrogen and oxygen atoms in total. The molecule has 0 aliphatic heterocycles. The molecule has 71 heavy (non-hydrogen) atoms. The molecule has 381 valence electrons. The number of hydrogen-bond acceptors (Lipinski definition) is 6. The van der Waals surface area contributed by atoms with Gasteiger partial charge >= 0.3 is 17.1 Å². The molecule has 0 N–H and O–H groups in total. The maximum atomic E-state index is 13.5. The molecule has 6 aromatic carbocycles. The maximum Gasteiger partial charge on any atom is 2.00 e. The van der Waals surface area contributed by atoms with Gasteiger partial charge in [-0.15, -0.1) is 0 Å². The van der Waals surface area contributed by atoms with Crippen molar-refractivity contribution in [3.8, 4) is 11.5 Å². The summed E-state index contributed by atoms with van der Waals surface area (Å²) in [6, 6.07) is 19.4. The summed E-state index contributed by atoms with van der Waals surface area (Å²) >= 11 is 0. The molecule has 6 aromatic rings. The van der Waals surface area contributed by atoms with E-state index < -0.39 is 174 Å². The molecular formula is C44H18CuF20O6. The SMILES string of the molecule is COc1ccccc1.COc1ccccc1.O=C(/C=C(\[O-])c1c(F)c(F)c(F)c(F)c1F)c1c(F)c(F)c(F)c(F)c1F.O=C(/C=C(\[O-])c1c(F)c(F)c(F)c(F)c1F)c1c(F)c(F)c(F)c(F)c1F.[Cu+2]. The fourth-order valence-electron chi connectivity index (χ4n) is 4.92. The van der Waals surface area contributed by atoms with Crippen molar-refractivity contribution in [1.82, 2.24) is 0 Å². The van der Waals surface area contributed by atoms with Crippen molar-refractivity contribution in [1.29, 1.82) is 0 Å². The first-order valence-electron chi connectivity index (χ1n) is 17.8. The van der Waals surface area contributed by atoms with Crippen LogP contribution < -0.4 is 19.7 Å². The monoisotopic (exact) mass is 1090 g/mol. The van der Waals surface area contributed by atoms with Gasteiger partial charge in [-0.3, -0.25) is 9.59 Å². The number of ketones is 2. The molecule has 0 bridgehead atoms. The Hall–Kier alpha value is -7.54. The molecule has 0 atom stereocenters. The minimum Gasteiger partial charge on any atom is -0.872 e. The van der Waals surface area contributed by atoms with Gasteiger partial charge < -0.3 is 19.7 Å². The third-order valence-corrected chi connectivity index (χ3v) is 8.31. The van der Waals surface area contributed by atoms with Crippen LogP contribution in [0.25, 0.3) is 11.5 Å². The van der Waals surface area contributed by atoms with Crippen molar-refractivity contribution in [2.45, 2.75) is 0 Å². The Morgan fingerprint density at radius 1 is 0.324 bits per heavy atom. The molecule has 0 saturated heterocycles. The minimum atomic E-state index is -2.64. The van der Waals surface area contributed by atoms with Gasteiger partial charge in [0.1, 0.15) is 11.5 Å². The molecule has 27 heteroatoms. The van der Waals surface area contributed by atoms with Gasteiger partial charge in [0.25, 0.3) is 0 Å². The second-order valence-electron chi connectivity index (χ2n) is 12.6. The molecule has 6 rings (SSSR count). The fraction of sp³-hybridized carbons (Fsp3) is 0.0455. The van der Waals surface area contributed by atoms with Crippen molar-refractivity contribution in [2.24, 2.45) is 0 Å². The number of halogens is 20. The second-order valence-corrected chi connectivity index (χ2v) is 12.6. The van der Waals surface area contributed by atoms with Gasteiger partial charge in [0.2, 0.25) is 23.3 Å². The van der Waals surface area contributed by atoms with E-state index in [1.165, 1.54) is 0 Å². The van der Waals surface area contributed by atoms with Gasteiger partial charge in [0, 0.05) is 11.1 Å². The third kappa shape index (κ3) is 13.0.